The van der Waals surface area contributed by atoms with Gasteiger partial charge in [-0.25, -0.2) is 0 Å². The summed E-state index contributed by atoms with van der Waals surface area (Å²) in [5, 5.41) is 8.91. The van der Waals surface area contributed by atoms with E-state index in [9.17, 15) is 0 Å². The van der Waals surface area contributed by atoms with Crippen LogP contribution in [0.1, 0.15) is 20.8 Å². The highest BCUT2D eigenvalue weighted by Gasteiger charge is 1.98. The van der Waals surface area contributed by atoms with Crippen LogP contribution in [-0.4, -0.2) is 24.0 Å². The average Bonchev–Trinajstić information content (AvgIpc) is 1.96. The molecule has 0 heterocycles. The van der Waals surface area contributed by atoms with E-state index in [4.69, 9.17) is 10.8 Å². The highest BCUT2D eigenvalue weighted by Crippen LogP contribution is 2.04. The lowest BCUT2D eigenvalue weighted by Gasteiger charge is -2.04. The van der Waals surface area contributed by atoms with E-state index in [-0.39, 0.29) is 6.10 Å². The molecule has 0 spiro atoms. The van der Waals surface area contributed by atoms with Crippen LogP contribution in [0.2, 0.25) is 0 Å². The van der Waals surface area contributed by atoms with Gasteiger partial charge in [0.1, 0.15) is 0 Å². The number of aliphatic imine (C=N–C) groups is 1. The molecule has 0 aromatic carbocycles. The van der Waals surface area contributed by atoms with Gasteiger partial charge in [-0.15, -0.1) is 0 Å². The third kappa shape index (κ3) is 4.91. The van der Waals surface area contributed by atoms with E-state index in [0.29, 0.717) is 12.5 Å². The third-order valence-corrected chi connectivity index (χ3v) is 1.47. The van der Waals surface area contributed by atoms with Gasteiger partial charge in [-0.05, 0) is 24.6 Å². The minimum Gasteiger partial charge on any atom is -0.404 e. The molecule has 1 unspecified atom stereocenters. The molecule has 0 bridgehead atoms. The van der Waals surface area contributed by atoms with Gasteiger partial charge < -0.3 is 10.8 Å². The Morgan fingerprint density at radius 3 is 2.42 bits per heavy atom. The number of aliphatic hydroxyl groups excluding tert-OH is 1. The molecule has 1 atom stereocenters. The highest BCUT2D eigenvalue weighted by molar-refractivity contribution is 5.78. The van der Waals surface area contributed by atoms with Crippen LogP contribution in [0.15, 0.2) is 16.8 Å². The van der Waals surface area contributed by atoms with Crippen LogP contribution in [0.4, 0.5) is 0 Å². The van der Waals surface area contributed by atoms with Crippen LogP contribution in [-0.2, 0) is 0 Å². The zero-order chi connectivity index (χ0) is 9.56. The zero-order valence-electron chi connectivity index (χ0n) is 7.99. The summed E-state index contributed by atoms with van der Waals surface area (Å²) in [5.74, 6) is 0.382. The molecule has 3 N–H and O–H groups in total. The van der Waals surface area contributed by atoms with Crippen LogP contribution < -0.4 is 5.73 Å². The Bertz CT molecular complexity index is 171. The van der Waals surface area contributed by atoms with Crippen molar-refractivity contribution in [3.63, 3.8) is 0 Å². The highest BCUT2D eigenvalue weighted by atomic mass is 16.3. The number of nitrogens with two attached hydrogens (primary N) is 1. The second kappa shape index (κ2) is 5.77. The quantitative estimate of drug-likeness (QED) is 0.617. The van der Waals surface area contributed by atoms with Crippen molar-refractivity contribution in [2.45, 2.75) is 26.9 Å². The normalized spacial score (nSPS) is 15.9. The smallest absolute Gasteiger partial charge is 0.0707 e. The second-order valence-electron chi connectivity index (χ2n) is 3.16. The van der Waals surface area contributed by atoms with E-state index in [1.54, 1.807) is 19.3 Å². The fourth-order valence-electron chi connectivity index (χ4n) is 0.695. The van der Waals surface area contributed by atoms with Crippen molar-refractivity contribution in [1.29, 1.82) is 0 Å². The van der Waals surface area contributed by atoms with Crippen molar-refractivity contribution in [2.75, 3.05) is 6.54 Å². The lowest BCUT2D eigenvalue weighted by atomic mass is 10.1. The van der Waals surface area contributed by atoms with E-state index < -0.39 is 0 Å². The van der Waals surface area contributed by atoms with Gasteiger partial charge in [0.15, 0.2) is 0 Å². The maximum absolute atomic E-state index is 8.91. The molecule has 0 aromatic rings. The Labute approximate surface area is 74.0 Å². The van der Waals surface area contributed by atoms with Crippen LogP contribution in [0.3, 0.4) is 0 Å². The summed E-state index contributed by atoms with van der Waals surface area (Å²) < 4.78 is 0. The first-order chi connectivity index (χ1) is 5.57. The van der Waals surface area contributed by atoms with Crippen molar-refractivity contribution < 1.29 is 5.11 Å². The van der Waals surface area contributed by atoms with Crippen molar-refractivity contribution in [1.82, 2.24) is 0 Å². The van der Waals surface area contributed by atoms with Crippen molar-refractivity contribution in [3.8, 4) is 0 Å². The fourth-order valence-corrected chi connectivity index (χ4v) is 0.695. The van der Waals surface area contributed by atoms with Gasteiger partial charge in [0.2, 0.25) is 0 Å². The Morgan fingerprint density at radius 1 is 1.50 bits per heavy atom. The summed E-state index contributed by atoms with van der Waals surface area (Å²) in [6, 6.07) is 0. The minimum atomic E-state index is -0.382. The number of hydrogen-bond acceptors (Lipinski definition) is 3. The maximum Gasteiger partial charge on any atom is 0.0707 e. The predicted molar refractivity (Wildman–Crippen MR) is 52.1 cm³/mol. The molecule has 0 aliphatic carbocycles. The summed E-state index contributed by atoms with van der Waals surface area (Å²) in [6.45, 7) is 6.24. The Kier molecular flexibility index (Phi) is 5.37. The van der Waals surface area contributed by atoms with Gasteiger partial charge in [0.05, 0.1) is 12.6 Å². The molecule has 0 fully saturated rings. The largest absolute Gasteiger partial charge is 0.404 e. The lowest BCUT2D eigenvalue weighted by molar-refractivity contribution is 0.204. The molecule has 0 rings (SSSR count). The van der Waals surface area contributed by atoms with E-state index in [2.05, 4.69) is 4.99 Å². The van der Waals surface area contributed by atoms with Crippen molar-refractivity contribution in [2.24, 2.45) is 16.6 Å². The molecule has 3 heteroatoms. The maximum atomic E-state index is 8.91. The molecule has 0 aromatic heterocycles. The summed E-state index contributed by atoms with van der Waals surface area (Å²) in [7, 11) is 0. The fraction of sp³-hybridized carbons (Fsp3) is 0.667. The lowest BCUT2D eigenvalue weighted by Crippen LogP contribution is -2.06. The second-order valence-corrected chi connectivity index (χ2v) is 3.16. The first-order valence-electron chi connectivity index (χ1n) is 4.17. The molecule has 3 nitrogen and oxygen atoms in total. The SMILES string of the molecule is CC(O)CN=C/C(=C\N)C(C)C. The molecule has 0 amide bonds. The van der Waals surface area contributed by atoms with Gasteiger partial charge in [-0.3, -0.25) is 4.99 Å². The Hall–Kier alpha value is -0.830. The van der Waals surface area contributed by atoms with Crippen LogP contribution >= 0.6 is 0 Å². The molecular weight excluding hydrogens is 152 g/mol. The first-order valence-corrected chi connectivity index (χ1v) is 4.17. The van der Waals surface area contributed by atoms with E-state index in [1.807, 2.05) is 13.8 Å². The monoisotopic (exact) mass is 170 g/mol. The van der Waals surface area contributed by atoms with Gasteiger partial charge in [0, 0.05) is 6.21 Å². The third-order valence-electron chi connectivity index (χ3n) is 1.47. The standard InChI is InChI=1S/C9H18N2O/c1-7(2)9(4-10)6-11-5-8(3)12/h4,6-8,12H,5,10H2,1-3H3/b9-4+,11-6?. The van der Waals surface area contributed by atoms with Gasteiger partial charge in [-0.1, -0.05) is 13.8 Å². The van der Waals surface area contributed by atoms with Crippen molar-refractivity contribution in [3.05, 3.63) is 11.8 Å². The number of allylic oxidation sites excluding steroid dienone is 1. The van der Waals surface area contributed by atoms with E-state index in [1.165, 1.54) is 0 Å². The van der Waals surface area contributed by atoms with Crippen molar-refractivity contribution >= 4 is 6.21 Å². The summed E-state index contributed by atoms with van der Waals surface area (Å²) in [5.41, 5.74) is 6.37. The van der Waals surface area contributed by atoms with Crippen LogP contribution in [0, 0.1) is 5.92 Å². The Balaban J connectivity index is 3.95. The summed E-state index contributed by atoms with van der Waals surface area (Å²) in [4.78, 5) is 4.04. The molecule has 0 aliphatic heterocycles. The van der Waals surface area contributed by atoms with Crippen LogP contribution in [0.25, 0.3) is 0 Å². The zero-order valence-corrected chi connectivity index (χ0v) is 7.99. The summed E-state index contributed by atoms with van der Waals surface area (Å²) in [6.07, 6.45) is 2.89. The average molecular weight is 170 g/mol. The number of rotatable bonds is 4. The van der Waals surface area contributed by atoms with Gasteiger partial charge >= 0.3 is 0 Å². The molecule has 0 aliphatic rings. The predicted octanol–water partition coefficient (Wildman–Crippen LogP) is 0.937. The summed E-state index contributed by atoms with van der Waals surface area (Å²) >= 11 is 0. The number of aliphatic hydroxyl groups is 1. The molecule has 70 valence electrons. The first kappa shape index (κ1) is 11.2. The number of hydrogen-bond donors (Lipinski definition) is 2. The van der Waals surface area contributed by atoms with E-state index in [0.717, 1.165) is 5.57 Å². The van der Waals surface area contributed by atoms with E-state index >= 15 is 0 Å². The minimum absolute atomic E-state index is 0.382. The topological polar surface area (TPSA) is 58.6 Å². The molecule has 0 saturated heterocycles. The molecule has 12 heavy (non-hydrogen) atoms. The van der Waals surface area contributed by atoms with Gasteiger partial charge in [0.25, 0.3) is 0 Å². The van der Waals surface area contributed by atoms with Gasteiger partial charge in [-0.2, -0.15) is 0 Å². The molecule has 0 saturated carbocycles. The number of nitrogens with zero attached hydrogens (tertiary/aromatic N) is 1. The Morgan fingerprint density at radius 2 is 2.08 bits per heavy atom. The van der Waals surface area contributed by atoms with Crippen LogP contribution in [0.5, 0.6) is 0 Å². The molecular formula is C9H18N2O. The molecule has 0 radical (unpaired) electrons.